The van der Waals surface area contributed by atoms with E-state index in [-0.39, 0.29) is 5.92 Å². The number of fused-ring (bicyclic) bond motifs is 1. The molecule has 5 rings (SSSR count). The number of aromatic nitrogens is 5. The predicted octanol–water partition coefficient (Wildman–Crippen LogP) is 5.42. The van der Waals surface area contributed by atoms with Gasteiger partial charge >= 0.3 is 0 Å². The molecule has 0 radical (unpaired) electrons. The summed E-state index contributed by atoms with van der Waals surface area (Å²) in [5.41, 5.74) is 3.53. The molecule has 3 aromatic heterocycles. The minimum absolute atomic E-state index is 0.200. The van der Waals surface area contributed by atoms with Crippen LogP contribution in [-0.2, 0) is 11.8 Å². The minimum atomic E-state index is -0.395. The maximum Gasteiger partial charge on any atom is 0.163 e. The van der Waals surface area contributed by atoms with Gasteiger partial charge in [0, 0.05) is 60.2 Å². The van der Waals surface area contributed by atoms with E-state index >= 15 is 0 Å². The molecule has 32 heavy (non-hydrogen) atoms. The van der Waals surface area contributed by atoms with Crippen LogP contribution in [-0.4, -0.2) is 37.9 Å². The molecule has 166 valence electrons. The van der Waals surface area contributed by atoms with Gasteiger partial charge < -0.3 is 4.74 Å². The van der Waals surface area contributed by atoms with E-state index in [2.05, 4.69) is 10.1 Å². The van der Waals surface area contributed by atoms with E-state index in [0.717, 1.165) is 29.5 Å². The molecule has 0 bridgehead atoms. The topological polar surface area (TPSA) is 65.7 Å². The largest absolute Gasteiger partial charge is 0.381 e. The zero-order valence-electron chi connectivity index (χ0n) is 18.3. The molecular formula is C24H25ClFN5O. The van der Waals surface area contributed by atoms with Crippen molar-refractivity contribution in [1.29, 1.82) is 0 Å². The van der Waals surface area contributed by atoms with E-state index in [1.165, 1.54) is 6.07 Å². The van der Waals surface area contributed by atoms with E-state index in [1.54, 1.807) is 23.0 Å². The Labute approximate surface area is 191 Å². The molecule has 0 spiro atoms. The van der Waals surface area contributed by atoms with Gasteiger partial charge in [-0.05, 0) is 62.6 Å². The fourth-order valence-electron chi connectivity index (χ4n) is 3.63. The molecule has 0 aliphatic carbocycles. The number of ether oxygens (including phenoxy) is 1. The van der Waals surface area contributed by atoms with Gasteiger partial charge in [0.05, 0.1) is 5.69 Å². The van der Waals surface area contributed by atoms with Crippen LogP contribution in [0.4, 0.5) is 4.39 Å². The van der Waals surface area contributed by atoms with Crippen LogP contribution in [0.15, 0.2) is 42.7 Å². The molecule has 1 fully saturated rings. The van der Waals surface area contributed by atoms with Gasteiger partial charge in [0.25, 0.3) is 0 Å². The first-order valence-electron chi connectivity index (χ1n) is 10.5. The molecule has 4 heterocycles. The summed E-state index contributed by atoms with van der Waals surface area (Å²) >= 11 is 5.92. The van der Waals surface area contributed by atoms with Crippen LogP contribution in [0.2, 0.25) is 5.02 Å². The first-order valence-corrected chi connectivity index (χ1v) is 10.9. The number of halogens is 2. The van der Waals surface area contributed by atoms with E-state index in [4.69, 9.17) is 26.3 Å². The third-order valence-corrected chi connectivity index (χ3v) is 5.79. The Hall–Kier alpha value is -2.90. The number of pyridine rings is 1. The van der Waals surface area contributed by atoms with E-state index in [9.17, 15) is 4.39 Å². The number of benzene rings is 1. The molecule has 0 unspecified atom stereocenters. The van der Waals surface area contributed by atoms with Crippen molar-refractivity contribution in [2.75, 3.05) is 13.2 Å². The first kappa shape index (κ1) is 22.3. The summed E-state index contributed by atoms with van der Waals surface area (Å²) in [6.07, 6.45) is 5.36. The van der Waals surface area contributed by atoms with Gasteiger partial charge in [-0.15, -0.1) is 0 Å². The fourth-order valence-corrected chi connectivity index (χ4v) is 3.79. The van der Waals surface area contributed by atoms with Gasteiger partial charge in [0.2, 0.25) is 0 Å². The minimum Gasteiger partial charge on any atom is -0.381 e. The third-order valence-electron chi connectivity index (χ3n) is 5.56. The molecule has 1 aliphatic rings. The molecule has 6 nitrogen and oxygen atoms in total. The van der Waals surface area contributed by atoms with Gasteiger partial charge in [0.15, 0.2) is 5.65 Å². The number of hydrogen-bond donors (Lipinski definition) is 0. The highest BCUT2D eigenvalue weighted by Crippen LogP contribution is 2.33. The van der Waals surface area contributed by atoms with Gasteiger partial charge in [-0.3, -0.25) is 4.68 Å². The summed E-state index contributed by atoms with van der Waals surface area (Å²) < 4.78 is 21.8. The van der Waals surface area contributed by atoms with E-state index in [0.29, 0.717) is 41.0 Å². The molecule has 0 N–H and O–H groups in total. The lowest BCUT2D eigenvalue weighted by atomic mass is 9.98. The van der Waals surface area contributed by atoms with E-state index < -0.39 is 5.82 Å². The SMILES string of the molecule is Cc1cc2c(-c3ccc(Cl)cc3F)nc(C3CCOCC3)nc2nc1C.Cn1cccn1. The Kier molecular flexibility index (Phi) is 6.77. The van der Waals surface area contributed by atoms with Gasteiger partial charge in [-0.25, -0.2) is 19.3 Å². The lowest BCUT2D eigenvalue weighted by molar-refractivity contribution is 0.0836. The first-order chi connectivity index (χ1) is 15.4. The number of nitrogens with zero attached hydrogens (tertiary/aromatic N) is 5. The van der Waals surface area contributed by atoms with Gasteiger partial charge in [-0.1, -0.05) is 11.6 Å². The summed E-state index contributed by atoms with van der Waals surface area (Å²) in [4.78, 5) is 14.1. The molecular weight excluding hydrogens is 429 g/mol. The molecule has 1 aromatic carbocycles. The van der Waals surface area contributed by atoms with Crippen LogP contribution in [0.3, 0.4) is 0 Å². The highest BCUT2D eigenvalue weighted by atomic mass is 35.5. The zero-order valence-corrected chi connectivity index (χ0v) is 19.1. The maximum atomic E-state index is 14.6. The van der Waals surface area contributed by atoms with Crippen molar-refractivity contribution < 1.29 is 9.13 Å². The standard InChI is InChI=1S/C20H19ClFN3O.C4H6N2/c1-11-9-16-18(15-4-3-14(21)10-17(15)22)24-19(13-5-7-26-8-6-13)25-20(16)23-12(11)2;1-6-4-2-3-5-6/h3-4,9-10,13H,5-8H2,1-2H3;2-4H,1H3. The quantitative estimate of drug-likeness (QED) is 0.405. The van der Waals surface area contributed by atoms with Crippen LogP contribution < -0.4 is 0 Å². The van der Waals surface area contributed by atoms with Crippen molar-refractivity contribution in [3.8, 4) is 11.3 Å². The lowest BCUT2D eigenvalue weighted by Crippen LogP contribution is -2.17. The molecule has 0 amide bonds. The second kappa shape index (κ2) is 9.71. The van der Waals surface area contributed by atoms with Gasteiger partial charge in [0.1, 0.15) is 11.6 Å². The average Bonchev–Trinajstić information content (AvgIpc) is 3.26. The highest BCUT2D eigenvalue weighted by molar-refractivity contribution is 6.30. The molecule has 0 saturated carbocycles. The highest BCUT2D eigenvalue weighted by Gasteiger charge is 2.22. The number of hydrogen-bond acceptors (Lipinski definition) is 5. The summed E-state index contributed by atoms with van der Waals surface area (Å²) in [5.74, 6) is 0.514. The Morgan fingerprint density at radius 1 is 1.09 bits per heavy atom. The second-order valence-electron chi connectivity index (χ2n) is 7.88. The smallest absolute Gasteiger partial charge is 0.163 e. The lowest BCUT2D eigenvalue weighted by Gasteiger charge is -2.21. The van der Waals surface area contributed by atoms with Gasteiger partial charge in [-0.2, -0.15) is 5.10 Å². The number of aryl methyl sites for hydroxylation is 3. The fraction of sp³-hybridized carbons (Fsp3) is 0.333. The zero-order chi connectivity index (χ0) is 22.7. The Morgan fingerprint density at radius 2 is 1.88 bits per heavy atom. The Balaban J connectivity index is 0.000000354. The summed E-state index contributed by atoms with van der Waals surface area (Å²) in [5, 5.41) is 4.95. The summed E-state index contributed by atoms with van der Waals surface area (Å²) in [7, 11) is 1.89. The normalized spacial score (nSPS) is 14.3. The summed E-state index contributed by atoms with van der Waals surface area (Å²) in [6.45, 7) is 5.32. The maximum absolute atomic E-state index is 14.6. The van der Waals surface area contributed by atoms with Crippen molar-refractivity contribution in [3.63, 3.8) is 0 Å². The van der Waals surface area contributed by atoms with Crippen LogP contribution >= 0.6 is 11.6 Å². The monoisotopic (exact) mass is 453 g/mol. The van der Waals surface area contributed by atoms with Crippen molar-refractivity contribution in [3.05, 3.63) is 70.6 Å². The van der Waals surface area contributed by atoms with Crippen LogP contribution in [0.5, 0.6) is 0 Å². The van der Waals surface area contributed by atoms with E-state index in [1.807, 2.05) is 39.2 Å². The van der Waals surface area contributed by atoms with Crippen molar-refractivity contribution in [1.82, 2.24) is 24.7 Å². The van der Waals surface area contributed by atoms with Crippen molar-refractivity contribution in [2.45, 2.75) is 32.6 Å². The van der Waals surface area contributed by atoms with Crippen molar-refractivity contribution >= 4 is 22.6 Å². The molecule has 8 heteroatoms. The summed E-state index contributed by atoms with van der Waals surface area (Å²) in [6, 6.07) is 8.53. The van der Waals surface area contributed by atoms with Crippen LogP contribution in [0.1, 0.15) is 35.8 Å². The molecule has 4 aromatic rings. The number of rotatable bonds is 2. The molecule has 1 saturated heterocycles. The van der Waals surface area contributed by atoms with Crippen LogP contribution in [0.25, 0.3) is 22.3 Å². The average molecular weight is 454 g/mol. The predicted molar refractivity (Wildman–Crippen MR) is 123 cm³/mol. The second-order valence-corrected chi connectivity index (χ2v) is 8.32. The Bertz CT molecular complexity index is 1220. The molecule has 0 atom stereocenters. The van der Waals surface area contributed by atoms with Crippen molar-refractivity contribution in [2.24, 2.45) is 7.05 Å². The molecule has 1 aliphatic heterocycles. The van der Waals surface area contributed by atoms with Crippen LogP contribution in [0, 0.1) is 19.7 Å². The third kappa shape index (κ3) is 4.95. The Morgan fingerprint density at radius 3 is 2.50 bits per heavy atom.